The van der Waals surface area contributed by atoms with Gasteiger partial charge in [-0.05, 0) is 18.9 Å². The third-order valence-corrected chi connectivity index (χ3v) is 4.67. The normalized spacial score (nSPS) is 16.7. The number of aliphatic hydroxyl groups excluding tert-OH is 1. The van der Waals surface area contributed by atoms with Crippen molar-refractivity contribution < 1.29 is 9.90 Å². The van der Waals surface area contributed by atoms with E-state index in [2.05, 4.69) is 10.3 Å². The van der Waals surface area contributed by atoms with Crippen molar-refractivity contribution in [1.29, 1.82) is 0 Å². The minimum Gasteiger partial charge on any atom is -0.396 e. The highest BCUT2D eigenvalue weighted by Gasteiger charge is 2.26. The van der Waals surface area contributed by atoms with E-state index in [4.69, 9.17) is 0 Å². The van der Waals surface area contributed by atoms with E-state index < -0.39 is 0 Å². The number of aromatic nitrogens is 2. The number of hydrogen-bond acceptors (Lipinski definition) is 5. The summed E-state index contributed by atoms with van der Waals surface area (Å²) >= 11 is 0. The first-order valence-electron chi connectivity index (χ1n) is 8.91. The number of nitrogens with zero attached hydrogens (tertiary/aromatic N) is 3. The van der Waals surface area contributed by atoms with Crippen molar-refractivity contribution in [2.75, 3.05) is 24.6 Å². The number of aryl methyl sites for hydroxylation is 1. The van der Waals surface area contributed by atoms with Crippen molar-refractivity contribution in [3.63, 3.8) is 0 Å². The van der Waals surface area contributed by atoms with Crippen LogP contribution in [0.3, 0.4) is 0 Å². The maximum atomic E-state index is 12.6. The molecule has 0 aliphatic carbocycles. The van der Waals surface area contributed by atoms with Crippen molar-refractivity contribution in [2.45, 2.75) is 26.4 Å². The van der Waals surface area contributed by atoms with Gasteiger partial charge in [-0.1, -0.05) is 30.3 Å². The molecule has 2 N–H and O–H groups in total. The molecular formula is C19H24N4O3. The van der Waals surface area contributed by atoms with Gasteiger partial charge >= 0.3 is 0 Å². The van der Waals surface area contributed by atoms with Crippen LogP contribution in [0.2, 0.25) is 0 Å². The Morgan fingerprint density at radius 1 is 1.35 bits per heavy atom. The first-order valence-corrected chi connectivity index (χ1v) is 8.91. The molecule has 1 aliphatic rings. The summed E-state index contributed by atoms with van der Waals surface area (Å²) in [5.41, 5.74) is 1.02. The molecule has 0 radical (unpaired) electrons. The van der Waals surface area contributed by atoms with Gasteiger partial charge in [-0.2, -0.15) is 0 Å². The lowest BCUT2D eigenvalue weighted by molar-refractivity contribution is 0.0945. The Balaban J connectivity index is 1.81. The molecule has 1 aliphatic heterocycles. The van der Waals surface area contributed by atoms with Crippen LogP contribution in [0.15, 0.2) is 41.3 Å². The van der Waals surface area contributed by atoms with Gasteiger partial charge in [0.25, 0.3) is 11.5 Å². The zero-order valence-corrected chi connectivity index (χ0v) is 14.9. The van der Waals surface area contributed by atoms with Crippen LogP contribution in [-0.4, -0.2) is 40.3 Å². The highest BCUT2D eigenvalue weighted by atomic mass is 16.3. The number of amides is 1. The standard InChI is InChI=1S/C19H24N4O3/c1-2-22-12-16(18(25)20-10-14-6-4-3-5-7-14)21-17(19(22)26)23-9-8-15(11-23)13-24/h3-7,12,15,24H,2,8-11,13H2,1H3,(H,20,25)/t15-/m1/s1. The zero-order valence-electron chi connectivity index (χ0n) is 14.9. The van der Waals surface area contributed by atoms with Crippen LogP contribution >= 0.6 is 0 Å². The van der Waals surface area contributed by atoms with Crippen molar-refractivity contribution in [3.8, 4) is 0 Å². The lowest BCUT2D eigenvalue weighted by Gasteiger charge is -2.18. The summed E-state index contributed by atoms with van der Waals surface area (Å²) in [5, 5.41) is 12.2. The Hall–Kier alpha value is -2.67. The highest BCUT2D eigenvalue weighted by Crippen LogP contribution is 2.19. The Bertz CT molecular complexity index is 819. The molecule has 0 spiro atoms. The molecule has 26 heavy (non-hydrogen) atoms. The summed E-state index contributed by atoms with van der Waals surface area (Å²) in [7, 11) is 0. The smallest absolute Gasteiger partial charge is 0.293 e. The number of nitrogens with one attached hydrogen (secondary N) is 1. The minimum absolute atomic E-state index is 0.0930. The van der Waals surface area contributed by atoms with Gasteiger partial charge in [-0.25, -0.2) is 4.98 Å². The van der Waals surface area contributed by atoms with E-state index in [9.17, 15) is 14.7 Å². The van der Waals surface area contributed by atoms with E-state index in [0.717, 1.165) is 12.0 Å². The minimum atomic E-state index is -0.310. The number of anilines is 1. The van der Waals surface area contributed by atoms with Gasteiger partial charge in [0, 0.05) is 44.9 Å². The van der Waals surface area contributed by atoms with E-state index in [0.29, 0.717) is 26.2 Å². The second kappa shape index (κ2) is 8.14. The van der Waals surface area contributed by atoms with Crippen LogP contribution < -0.4 is 15.8 Å². The molecule has 7 nitrogen and oxygen atoms in total. The summed E-state index contributed by atoms with van der Waals surface area (Å²) in [6, 6.07) is 9.63. The van der Waals surface area contributed by atoms with E-state index in [1.165, 1.54) is 10.8 Å². The first-order chi connectivity index (χ1) is 12.6. The fraction of sp³-hybridized carbons (Fsp3) is 0.421. The number of carbonyl (C=O) groups excluding carboxylic acids is 1. The van der Waals surface area contributed by atoms with Crippen molar-refractivity contribution in [2.24, 2.45) is 5.92 Å². The van der Waals surface area contributed by atoms with E-state index >= 15 is 0 Å². The van der Waals surface area contributed by atoms with Crippen LogP contribution in [-0.2, 0) is 13.1 Å². The number of carbonyl (C=O) groups is 1. The second-order valence-electron chi connectivity index (χ2n) is 6.49. The molecule has 1 fully saturated rings. The van der Waals surface area contributed by atoms with Crippen LogP contribution in [0, 0.1) is 5.92 Å². The molecule has 1 aromatic heterocycles. The fourth-order valence-electron chi connectivity index (χ4n) is 3.12. The van der Waals surface area contributed by atoms with Gasteiger partial charge < -0.3 is 19.9 Å². The third-order valence-electron chi connectivity index (χ3n) is 4.67. The van der Waals surface area contributed by atoms with Gasteiger partial charge in [0.05, 0.1) is 0 Å². The van der Waals surface area contributed by atoms with E-state index in [-0.39, 0.29) is 35.5 Å². The topological polar surface area (TPSA) is 87.5 Å². The van der Waals surface area contributed by atoms with Crippen molar-refractivity contribution in [3.05, 3.63) is 58.1 Å². The second-order valence-corrected chi connectivity index (χ2v) is 6.49. The summed E-state index contributed by atoms with van der Waals surface area (Å²) in [5.74, 6) is 0.118. The van der Waals surface area contributed by atoms with Crippen LogP contribution in [0.5, 0.6) is 0 Å². The van der Waals surface area contributed by atoms with Gasteiger partial charge in [-0.3, -0.25) is 9.59 Å². The van der Waals surface area contributed by atoms with E-state index in [1.807, 2.05) is 42.2 Å². The summed E-state index contributed by atoms with van der Waals surface area (Å²) in [6.45, 7) is 4.06. The molecule has 1 saturated heterocycles. The highest BCUT2D eigenvalue weighted by molar-refractivity contribution is 5.92. The SMILES string of the molecule is CCn1cc(C(=O)NCc2ccccc2)nc(N2CC[C@@H](CO)C2)c1=O. The largest absolute Gasteiger partial charge is 0.396 e. The first kappa shape index (κ1) is 18.1. The molecule has 3 rings (SSSR count). The molecule has 1 atom stereocenters. The number of rotatable bonds is 6. The molecule has 0 bridgehead atoms. The molecule has 2 aromatic rings. The van der Waals surface area contributed by atoms with Crippen molar-refractivity contribution in [1.82, 2.24) is 14.9 Å². The van der Waals surface area contributed by atoms with E-state index in [1.54, 1.807) is 0 Å². The summed E-state index contributed by atoms with van der Waals surface area (Å²) in [4.78, 5) is 31.3. The average Bonchev–Trinajstić information content (AvgIpc) is 3.16. The molecule has 1 amide bonds. The van der Waals surface area contributed by atoms with Crippen LogP contribution in [0.25, 0.3) is 0 Å². The van der Waals surface area contributed by atoms with Gasteiger partial charge in [0.15, 0.2) is 5.82 Å². The average molecular weight is 356 g/mol. The van der Waals surface area contributed by atoms with Crippen molar-refractivity contribution >= 4 is 11.7 Å². The lowest BCUT2D eigenvalue weighted by Crippen LogP contribution is -2.35. The molecule has 7 heteroatoms. The Labute approximate surface area is 152 Å². The quantitative estimate of drug-likeness (QED) is 0.807. The maximum Gasteiger partial charge on any atom is 0.293 e. The Kier molecular flexibility index (Phi) is 5.68. The predicted octanol–water partition coefficient (Wildman–Crippen LogP) is 1.01. The zero-order chi connectivity index (χ0) is 18.5. The molecular weight excluding hydrogens is 332 g/mol. The lowest BCUT2D eigenvalue weighted by atomic mass is 10.1. The van der Waals surface area contributed by atoms with Crippen LogP contribution in [0.1, 0.15) is 29.4 Å². The maximum absolute atomic E-state index is 12.6. The predicted molar refractivity (Wildman–Crippen MR) is 99.2 cm³/mol. The number of benzene rings is 1. The Morgan fingerprint density at radius 2 is 2.12 bits per heavy atom. The van der Waals surface area contributed by atoms with Gasteiger partial charge in [-0.15, -0.1) is 0 Å². The molecule has 2 heterocycles. The fourth-order valence-corrected chi connectivity index (χ4v) is 3.12. The monoisotopic (exact) mass is 356 g/mol. The Morgan fingerprint density at radius 3 is 2.77 bits per heavy atom. The molecule has 0 unspecified atom stereocenters. The summed E-state index contributed by atoms with van der Waals surface area (Å²) < 4.78 is 1.51. The molecule has 0 saturated carbocycles. The van der Waals surface area contributed by atoms with Gasteiger partial charge in [0.1, 0.15) is 5.69 Å². The summed E-state index contributed by atoms with van der Waals surface area (Å²) in [6.07, 6.45) is 2.32. The number of hydrogen-bond donors (Lipinski definition) is 2. The molecule has 138 valence electrons. The van der Waals surface area contributed by atoms with Crippen LogP contribution in [0.4, 0.5) is 5.82 Å². The third kappa shape index (κ3) is 3.94. The number of aliphatic hydroxyl groups is 1. The molecule has 1 aromatic carbocycles. The van der Waals surface area contributed by atoms with Gasteiger partial charge in [0.2, 0.25) is 0 Å².